The van der Waals surface area contributed by atoms with E-state index in [1.54, 1.807) is 40.2 Å². The van der Waals surface area contributed by atoms with Gasteiger partial charge >= 0.3 is 0 Å². The number of hydrogen-bond donors (Lipinski definition) is 0. The summed E-state index contributed by atoms with van der Waals surface area (Å²) in [5, 5.41) is 4.05. The van der Waals surface area contributed by atoms with Gasteiger partial charge in [-0.1, -0.05) is 11.2 Å². The van der Waals surface area contributed by atoms with Gasteiger partial charge in [0, 0.05) is 11.9 Å². The largest absolute Gasteiger partial charge is 0.496 e. The number of aromatic nitrogens is 1. The summed E-state index contributed by atoms with van der Waals surface area (Å²) >= 11 is 0. The minimum atomic E-state index is -3.33. The van der Waals surface area contributed by atoms with E-state index in [0.29, 0.717) is 28.6 Å². The molecule has 1 aromatic heterocycles. The van der Waals surface area contributed by atoms with Crippen molar-refractivity contribution >= 4 is 15.5 Å². The number of nitrogens with zero attached hydrogens (tertiary/aromatic N) is 2. The van der Waals surface area contributed by atoms with Crippen LogP contribution in [-0.4, -0.2) is 39.6 Å². The number of oxime groups is 1. The Kier molecular flexibility index (Phi) is 6.20. The van der Waals surface area contributed by atoms with Gasteiger partial charge in [-0.05, 0) is 38.1 Å². The molecule has 8 heteroatoms. The normalized spacial score (nSPS) is 12.0. The number of aryl methyl sites for hydroxylation is 1. The number of sulfone groups is 1. The second-order valence-corrected chi connectivity index (χ2v) is 7.71. The summed E-state index contributed by atoms with van der Waals surface area (Å²) in [4.78, 5) is 9.94. The highest BCUT2D eigenvalue weighted by molar-refractivity contribution is 7.90. The minimum absolute atomic E-state index is 0.134. The average Bonchev–Trinajstić information content (AvgIpc) is 2.60. The van der Waals surface area contributed by atoms with Crippen molar-refractivity contribution < 1.29 is 22.7 Å². The van der Waals surface area contributed by atoms with Crippen molar-refractivity contribution in [1.29, 1.82) is 0 Å². The van der Waals surface area contributed by atoms with Crippen molar-refractivity contribution in [2.45, 2.75) is 25.3 Å². The first kappa shape index (κ1) is 19.7. The number of benzene rings is 1. The third-order valence-electron chi connectivity index (χ3n) is 3.67. The highest BCUT2D eigenvalue weighted by atomic mass is 32.2. The first-order valence-electron chi connectivity index (χ1n) is 7.81. The van der Waals surface area contributed by atoms with E-state index in [-0.39, 0.29) is 11.5 Å². The lowest BCUT2D eigenvalue weighted by Crippen LogP contribution is -2.06. The number of ether oxygens (including phenoxy) is 2. The fraction of sp³-hybridized carbons (Fsp3) is 0.333. The van der Waals surface area contributed by atoms with Crippen molar-refractivity contribution in [2.75, 3.05) is 20.5 Å². The van der Waals surface area contributed by atoms with Gasteiger partial charge in [0.15, 0.2) is 9.84 Å². The highest BCUT2D eigenvalue weighted by Crippen LogP contribution is 2.28. The molecule has 7 nitrogen and oxygen atoms in total. The van der Waals surface area contributed by atoms with E-state index >= 15 is 0 Å². The fourth-order valence-corrected chi connectivity index (χ4v) is 3.06. The Labute approximate surface area is 153 Å². The molecule has 0 N–H and O–H groups in total. The smallest absolute Gasteiger partial charge is 0.175 e. The van der Waals surface area contributed by atoms with Crippen LogP contribution in [0, 0.1) is 6.92 Å². The molecule has 140 valence electrons. The van der Waals surface area contributed by atoms with Crippen LogP contribution < -0.4 is 9.47 Å². The molecule has 0 fully saturated rings. The maximum Gasteiger partial charge on any atom is 0.175 e. The first-order valence-corrected chi connectivity index (χ1v) is 9.71. The summed E-state index contributed by atoms with van der Waals surface area (Å²) in [6.07, 6.45) is 1.16. The molecule has 0 atom stereocenters. The van der Waals surface area contributed by atoms with Crippen LogP contribution in [0.2, 0.25) is 0 Å². The van der Waals surface area contributed by atoms with Crippen LogP contribution in [0.3, 0.4) is 0 Å². The monoisotopic (exact) mass is 378 g/mol. The Morgan fingerprint density at radius 3 is 2.31 bits per heavy atom. The lowest BCUT2D eigenvalue weighted by Gasteiger charge is -2.12. The van der Waals surface area contributed by atoms with Crippen molar-refractivity contribution in [3.8, 4) is 11.5 Å². The Morgan fingerprint density at radius 2 is 1.77 bits per heavy atom. The summed E-state index contributed by atoms with van der Waals surface area (Å²) in [5.74, 6) is 1.26. The van der Waals surface area contributed by atoms with Crippen LogP contribution in [-0.2, 0) is 21.3 Å². The molecule has 2 aromatic rings. The van der Waals surface area contributed by atoms with E-state index in [0.717, 1.165) is 11.8 Å². The second-order valence-electron chi connectivity index (χ2n) is 5.69. The molecule has 1 aromatic carbocycles. The van der Waals surface area contributed by atoms with Crippen molar-refractivity contribution in [2.24, 2.45) is 5.16 Å². The number of pyridine rings is 1. The lowest BCUT2D eigenvalue weighted by molar-refractivity contribution is 0.126. The molecule has 0 amide bonds. The van der Waals surface area contributed by atoms with Crippen LogP contribution in [0.15, 0.2) is 40.4 Å². The summed E-state index contributed by atoms with van der Waals surface area (Å²) in [7, 11) is -0.200. The van der Waals surface area contributed by atoms with Crippen molar-refractivity contribution in [3.63, 3.8) is 0 Å². The molecule has 26 heavy (non-hydrogen) atoms. The molecule has 0 radical (unpaired) electrons. The maximum atomic E-state index is 11.8. The Morgan fingerprint density at radius 1 is 1.15 bits per heavy atom. The van der Waals surface area contributed by atoms with E-state index in [1.807, 2.05) is 6.07 Å². The van der Waals surface area contributed by atoms with Crippen LogP contribution in [0.1, 0.15) is 23.9 Å². The first-order chi connectivity index (χ1) is 12.3. The topological polar surface area (TPSA) is 87.1 Å². The Balaban J connectivity index is 2.24. The van der Waals surface area contributed by atoms with Gasteiger partial charge in [-0.15, -0.1) is 0 Å². The lowest BCUT2D eigenvalue weighted by atomic mass is 10.2. The molecular formula is C18H22N2O5S. The van der Waals surface area contributed by atoms with E-state index in [4.69, 9.17) is 14.3 Å². The summed E-state index contributed by atoms with van der Waals surface area (Å²) < 4.78 is 34.2. The van der Waals surface area contributed by atoms with Gasteiger partial charge in [0.25, 0.3) is 0 Å². The van der Waals surface area contributed by atoms with Crippen LogP contribution >= 0.6 is 0 Å². The molecule has 0 aliphatic heterocycles. The summed E-state index contributed by atoms with van der Waals surface area (Å²) in [6, 6.07) is 8.43. The molecule has 0 unspecified atom stereocenters. The summed E-state index contributed by atoms with van der Waals surface area (Å²) in [6.45, 7) is 3.56. The van der Waals surface area contributed by atoms with E-state index in [9.17, 15) is 8.42 Å². The average molecular weight is 378 g/mol. The third kappa shape index (κ3) is 4.72. The van der Waals surface area contributed by atoms with Crippen LogP contribution in [0.25, 0.3) is 0 Å². The van der Waals surface area contributed by atoms with Gasteiger partial charge in [-0.3, -0.25) is 4.98 Å². The van der Waals surface area contributed by atoms with Gasteiger partial charge in [0.05, 0.1) is 30.4 Å². The van der Waals surface area contributed by atoms with E-state index < -0.39 is 9.84 Å². The molecule has 1 heterocycles. The van der Waals surface area contributed by atoms with Gasteiger partial charge in [-0.2, -0.15) is 0 Å². The van der Waals surface area contributed by atoms with Gasteiger partial charge in [-0.25, -0.2) is 8.42 Å². The van der Waals surface area contributed by atoms with Crippen molar-refractivity contribution in [3.05, 3.63) is 47.3 Å². The Bertz CT molecular complexity index is 901. The Hall–Kier alpha value is -2.61. The predicted octanol–water partition coefficient (Wildman–Crippen LogP) is 2.75. The van der Waals surface area contributed by atoms with Crippen LogP contribution in [0.5, 0.6) is 11.5 Å². The zero-order chi connectivity index (χ0) is 19.3. The van der Waals surface area contributed by atoms with E-state index in [2.05, 4.69) is 10.1 Å². The summed E-state index contributed by atoms with van der Waals surface area (Å²) in [5.41, 5.74) is 2.22. The maximum absolute atomic E-state index is 11.8. The molecule has 2 rings (SSSR count). The molecule has 0 aliphatic rings. The van der Waals surface area contributed by atoms with Crippen molar-refractivity contribution in [1.82, 2.24) is 4.98 Å². The molecule has 0 saturated heterocycles. The SMILES string of the molecule is COc1cccc(OC)c1CON=C(C)c1cc(S(C)(=O)=O)cc(C)n1. The van der Waals surface area contributed by atoms with Gasteiger partial charge in [0.1, 0.15) is 23.8 Å². The van der Waals surface area contributed by atoms with Gasteiger partial charge in [0.2, 0.25) is 0 Å². The molecule has 0 bridgehead atoms. The second kappa shape index (κ2) is 8.18. The molecule has 0 saturated carbocycles. The molecular weight excluding hydrogens is 356 g/mol. The quantitative estimate of drug-likeness (QED) is 0.544. The third-order valence-corrected chi connectivity index (χ3v) is 4.76. The standard InChI is InChI=1S/C18H22N2O5S/c1-12-9-14(26(5,21)22)10-16(19-12)13(2)20-25-11-15-17(23-3)7-6-8-18(15)24-4/h6-10H,11H2,1-5H3. The van der Waals surface area contributed by atoms with E-state index in [1.165, 1.54) is 12.1 Å². The van der Waals surface area contributed by atoms with Crippen LogP contribution in [0.4, 0.5) is 0 Å². The highest BCUT2D eigenvalue weighted by Gasteiger charge is 2.13. The number of methoxy groups -OCH3 is 2. The molecule has 0 aliphatic carbocycles. The van der Waals surface area contributed by atoms with Gasteiger partial charge < -0.3 is 14.3 Å². The fourth-order valence-electron chi connectivity index (χ4n) is 2.35. The number of rotatable bonds is 7. The minimum Gasteiger partial charge on any atom is -0.496 e. The zero-order valence-corrected chi connectivity index (χ0v) is 16.3. The zero-order valence-electron chi connectivity index (χ0n) is 15.4. The number of hydrogen-bond acceptors (Lipinski definition) is 7. The molecule has 0 spiro atoms. The predicted molar refractivity (Wildman–Crippen MR) is 98.6 cm³/mol.